The minimum absolute atomic E-state index is 0.158. The summed E-state index contributed by atoms with van der Waals surface area (Å²) in [6, 6.07) is 10.9. The molecule has 8 heteroatoms. The SMILES string of the molecule is CCOC(=O)OC[C@H]1O[C@@H](c2ccc(C3CC3)c(Cc3ccc(O)c(O)c3)c2)C[C@@H](O)[C@@H]1O. The fourth-order valence-electron chi connectivity index (χ4n) is 4.29. The van der Waals surface area contributed by atoms with Gasteiger partial charge >= 0.3 is 6.16 Å². The van der Waals surface area contributed by atoms with Gasteiger partial charge in [0.15, 0.2) is 11.5 Å². The monoisotopic (exact) mass is 458 g/mol. The van der Waals surface area contributed by atoms with E-state index in [1.54, 1.807) is 19.1 Å². The molecule has 1 saturated carbocycles. The average molecular weight is 459 g/mol. The summed E-state index contributed by atoms with van der Waals surface area (Å²) < 4.78 is 15.8. The molecule has 8 nitrogen and oxygen atoms in total. The van der Waals surface area contributed by atoms with E-state index in [-0.39, 0.29) is 31.1 Å². The number of aromatic hydroxyl groups is 2. The summed E-state index contributed by atoms with van der Waals surface area (Å²) >= 11 is 0. The van der Waals surface area contributed by atoms with E-state index < -0.39 is 30.6 Å². The maximum absolute atomic E-state index is 11.5. The van der Waals surface area contributed by atoms with E-state index in [4.69, 9.17) is 14.2 Å². The van der Waals surface area contributed by atoms with Gasteiger partial charge in [-0.1, -0.05) is 24.3 Å². The van der Waals surface area contributed by atoms with Gasteiger partial charge in [0.25, 0.3) is 0 Å². The number of aliphatic hydroxyl groups excluding tert-OH is 2. The lowest BCUT2D eigenvalue weighted by atomic mass is 9.89. The number of hydrogen-bond acceptors (Lipinski definition) is 8. The molecule has 0 radical (unpaired) electrons. The zero-order valence-electron chi connectivity index (χ0n) is 18.5. The van der Waals surface area contributed by atoms with Crippen molar-refractivity contribution in [1.82, 2.24) is 0 Å². The lowest BCUT2D eigenvalue weighted by molar-refractivity contribution is -0.183. The molecule has 0 aromatic heterocycles. The third-order valence-corrected chi connectivity index (χ3v) is 6.19. The summed E-state index contributed by atoms with van der Waals surface area (Å²) in [4.78, 5) is 11.5. The lowest BCUT2D eigenvalue weighted by Gasteiger charge is -2.37. The van der Waals surface area contributed by atoms with Crippen LogP contribution < -0.4 is 0 Å². The molecule has 1 heterocycles. The maximum Gasteiger partial charge on any atom is 0.508 e. The van der Waals surface area contributed by atoms with Crippen molar-refractivity contribution in [2.24, 2.45) is 0 Å². The van der Waals surface area contributed by atoms with Crippen molar-refractivity contribution in [1.29, 1.82) is 0 Å². The van der Waals surface area contributed by atoms with Crippen LogP contribution in [0.4, 0.5) is 4.79 Å². The van der Waals surface area contributed by atoms with Crippen LogP contribution in [0, 0.1) is 0 Å². The predicted molar refractivity (Wildman–Crippen MR) is 118 cm³/mol. The van der Waals surface area contributed by atoms with Crippen LogP contribution in [-0.4, -0.2) is 58.1 Å². The topological polar surface area (TPSA) is 126 Å². The first kappa shape index (κ1) is 23.4. The number of ether oxygens (including phenoxy) is 3. The Morgan fingerprint density at radius 1 is 1.06 bits per heavy atom. The highest BCUT2D eigenvalue weighted by Gasteiger charge is 2.38. The molecule has 1 aliphatic carbocycles. The highest BCUT2D eigenvalue weighted by Crippen LogP contribution is 2.43. The molecule has 178 valence electrons. The van der Waals surface area contributed by atoms with Gasteiger partial charge in [-0.3, -0.25) is 0 Å². The van der Waals surface area contributed by atoms with Crippen molar-refractivity contribution in [2.45, 2.75) is 62.9 Å². The second-order valence-electron chi connectivity index (χ2n) is 8.68. The van der Waals surface area contributed by atoms with Gasteiger partial charge in [-0.2, -0.15) is 0 Å². The largest absolute Gasteiger partial charge is 0.508 e. The minimum atomic E-state index is -1.18. The van der Waals surface area contributed by atoms with Gasteiger partial charge in [0.2, 0.25) is 0 Å². The Morgan fingerprint density at radius 3 is 2.55 bits per heavy atom. The van der Waals surface area contributed by atoms with Gasteiger partial charge in [-0.25, -0.2) is 4.79 Å². The number of hydrogen-bond donors (Lipinski definition) is 4. The molecule has 33 heavy (non-hydrogen) atoms. The smallest absolute Gasteiger partial charge is 0.504 e. The maximum atomic E-state index is 11.5. The van der Waals surface area contributed by atoms with E-state index in [0.29, 0.717) is 12.3 Å². The lowest BCUT2D eigenvalue weighted by Crippen LogP contribution is -2.48. The van der Waals surface area contributed by atoms with Crippen LogP contribution in [0.25, 0.3) is 0 Å². The molecule has 0 amide bonds. The number of rotatable bonds is 7. The highest BCUT2D eigenvalue weighted by molar-refractivity contribution is 5.59. The second kappa shape index (κ2) is 9.99. The second-order valence-corrected chi connectivity index (χ2v) is 8.68. The van der Waals surface area contributed by atoms with Crippen molar-refractivity contribution in [3.8, 4) is 11.5 Å². The van der Waals surface area contributed by atoms with Gasteiger partial charge in [0.1, 0.15) is 18.8 Å². The molecule has 2 aromatic carbocycles. The van der Waals surface area contributed by atoms with E-state index in [2.05, 4.69) is 6.07 Å². The molecule has 4 atom stereocenters. The van der Waals surface area contributed by atoms with Gasteiger partial charge in [-0.15, -0.1) is 0 Å². The zero-order valence-corrected chi connectivity index (χ0v) is 18.5. The molecular formula is C25H30O8. The fraction of sp³-hybridized carbons (Fsp3) is 0.480. The number of phenols is 2. The molecule has 2 fully saturated rings. The Balaban J connectivity index is 1.54. The number of carbonyl (C=O) groups is 1. The van der Waals surface area contributed by atoms with Gasteiger partial charge in [-0.05, 0) is 66.5 Å². The summed E-state index contributed by atoms with van der Waals surface area (Å²) in [5, 5.41) is 40.2. The number of phenolic OH excluding ortho intramolecular Hbond substituents is 2. The Bertz CT molecular complexity index is 986. The standard InChI is InChI=1S/C25H30O8/c1-2-31-25(30)32-13-23-24(29)21(28)12-22(33-23)16-6-7-18(15-4-5-15)17(11-16)9-14-3-8-19(26)20(27)10-14/h3,6-8,10-11,15,21-24,26-29H,2,4-5,9,12-13H2,1H3/t21-,22-,23-,24+/m1/s1. The quantitative estimate of drug-likeness (QED) is 0.368. The van der Waals surface area contributed by atoms with Gasteiger partial charge < -0.3 is 34.6 Å². The molecular weight excluding hydrogens is 428 g/mol. The molecule has 0 spiro atoms. The van der Waals surface area contributed by atoms with Crippen LogP contribution in [0.1, 0.15) is 60.5 Å². The molecule has 4 N–H and O–H groups in total. The molecule has 2 aromatic rings. The zero-order chi connectivity index (χ0) is 23.5. The Morgan fingerprint density at radius 2 is 1.85 bits per heavy atom. The van der Waals surface area contributed by atoms with Crippen LogP contribution in [0.2, 0.25) is 0 Å². The summed E-state index contributed by atoms with van der Waals surface area (Å²) in [5.74, 6) is 0.188. The minimum Gasteiger partial charge on any atom is -0.504 e. The van der Waals surface area contributed by atoms with Crippen molar-refractivity contribution in [3.63, 3.8) is 0 Å². The normalized spacial score (nSPS) is 24.9. The molecule has 0 bridgehead atoms. The van der Waals surface area contributed by atoms with Crippen molar-refractivity contribution < 1.29 is 39.4 Å². The highest BCUT2D eigenvalue weighted by atomic mass is 16.7. The first-order valence-corrected chi connectivity index (χ1v) is 11.3. The van der Waals surface area contributed by atoms with Crippen LogP contribution in [-0.2, 0) is 20.6 Å². The Kier molecular flexibility index (Phi) is 7.07. The van der Waals surface area contributed by atoms with Crippen LogP contribution in [0.5, 0.6) is 11.5 Å². The third-order valence-electron chi connectivity index (χ3n) is 6.19. The predicted octanol–water partition coefficient (Wildman–Crippen LogP) is 3.29. The van der Waals surface area contributed by atoms with E-state index in [1.165, 1.54) is 11.6 Å². The van der Waals surface area contributed by atoms with E-state index in [1.807, 2.05) is 12.1 Å². The first-order valence-electron chi connectivity index (χ1n) is 11.3. The van der Waals surface area contributed by atoms with E-state index in [9.17, 15) is 25.2 Å². The Labute approximate surface area is 192 Å². The third kappa shape index (κ3) is 5.58. The van der Waals surface area contributed by atoms with Crippen LogP contribution in [0.3, 0.4) is 0 Å². The van der Waals surface area contributed by atoms with E-state index in [0.717, 1.165) is 29.5 Å². The van der Waals surface area contributed by atoms with Crippen molar-refractivity contribution in [2.75, 3.05) is 13.2 Å². The molecule has 4 rings (SSSR count). The van der Waals surface area contributed by atoms with Crippen LogP contribution in [0.15, 0.2) is 36.4 Å². The van der Waals surface area contributed by atoms with Gasteiger partial charge in [0.05, 0.1) is 18.8 Å². The Hall–Kier alpha value is -2.81. The van der Waals surface area contributed by atoms with Crippen LogP contribution >= 0.6 is 0 Å². The molecule has 2 aliphatic rings. The van der Waals surface area contributed by atoms with Crippen molar-refractivity contribution in [3.05, 3.63) is 58.7 Å². The number of carbonyl (C=O) groups excluding carboxylic acids is 1. The number of benzene rings is 2. The average Bonchev–Trinajstić information content (AvgIpc) is 3.63. The molecule has 1 aliphatic heterocycles. The summed E-state index contributed by atoms with van der Waals surface area (Å²) in [7, 11) is 0. The molecule has 0 unspecified atom stereocenters. The summed E-state index contributed by atoms with van der Waals surface area (Å²) in [5.41, 5.74) is 4.04. The number of aliphatic hydroxyl groups is 2. The first-order chi connectivity index (χ1) is 15.9. The van der Waals surface area contributed by atoms with Gasteiger partial charge in [0, 0.05) is 6.42 Å². The van der Waals surface area contributed by atoms with Crippen molar-refractivity contribution >= 4 is 6.16 Å². The van der Waals surface area contributed by atoms with E-state index >= 15 is 0 Å². The molecule has 1 saturated heterocycles. The summed E-state index contributed by atoms with van der Waals surface area (Å²) in [6.45, 7) is 1.61. The summed E-state index contributed by atoms with van der Waals surface area (Å²) in [6.07, 6.45) is -1.39. The fourth-order valence-corrected chi connectivity index (χ4v) is 4.29.